The number of H-pyrrole nitrogens is 1. The standard InChI is InChI=1S/C22H23N3O4/c26-22(23-10-4-5-11-27-17-6-2-1-3-7-17)18-15-24-25-21(18)16-8-9-19-20(14-16)29-13-12-28-19/h1-3,6-9,14-15H,4-5,10-13H2,(H,23,26)(H,24,25). The number of rotatable bonds is 8. The molecule has 0 saturated heterocycles. The number of nitrogens with zero attached hydrogens (tertiary/aromatic N) is 1. The van der Waals surface area contributed by atoms with Crippen LogP contribution in [0.15, 0.2) is 54.7 Å². The number of aromatic amines is 1. The summed E-state index contributed by atoms with van der Waals surface area (Å²) in [5, 5.41) is 9.90. The minimum Gasteiger partial charge on any atom is -0.494 e. The molecule has 4 rings (SSSR count). The van der Waals surface area contributed by atoms with Gasteiger partial charge in [0.1, 0.15) is 19.0 Å². The number of benzene rings is 2. The molecule has 3 aromatic rings. The Kier molecular flexibility index (Phi) is 5.95. The smallest absolute Gasteiger partial charge is 0.255 e. The van der Waals surface area contributed by atoms with Crippen molar-refractivity contribution in [3.05, 3.63) is 60.3 Å². The minimum atomic E-state index is -0.160. The summed E-state index contributed by atoms with van der Waals surface area (Å²) in [5.74, 6) is 2.09. The van der Waals surface area contributed by atoms with Crippen LogP contribution >= 0.6 is 0 Å². The van der Waals surface area contributed by atoms with Crippen molar-refractivity contribution in [2.45, 2.75) is 12.8 Å². The average molecular weight is 393 g/mol. The SMILES string of the molecule is O=C(NCCCCOc1ccccc1)c1cn[nH]c1-c1ccc2c(c1)OCCO2. The molecule has 7 nitrogen and oxygen atoms in total. The minimum absolute atomic E-state index is 0.160. The number of fused-ring (bicyclic) bond motifs is 1. The number of hydrogen-bond donors (Lipinski definition) is 2. The van der Waals surface area contributed by atoms with Gasteiger partial charge in [-0.3, -0.25) is 9.89 Å². The number of amides is 1. The summed E-state index contributed by atoms with van der Waals surface area (Å²) in [5.41, 5.74) is 1.99. The molecule has 1 aromatic heterocycles. The van der Waals surface area contributed by atoms with Crippen LogP contribution in [-0.2, 0) is 0 Å². The highest BCUT2D eigenvalue weighted by Gasteiger charge is 2.18. The van der Waals surface area contributed by atoms with Gasteiger partial charge in [-0.15, -0.1) is 0 Å². The first kappa shape index (κ1) is 18.9. The van der Waals surface area contributed by atoms with E-state index < -0.39 is 0 Å². The highest BCUT2D eigenvalue weighted by molar-refractivity contribution is 5.99. The highest BCUT2D eigenvalue weighted by Crippen LogP contribution is 2.34. The molecule has 150 valence electrons. The number of para-hydroxylation sites is 1. The summed E-state index contributed by atoms with van der Waals surface area (Å²) >= 11 is 0. The Bertz CT molecular complexity index is 956. The summed E-state index contributed by atoms with van der Waals surface area (Å²) in [6.45, 7) is 2.25. The Morgan fingerprint density at radius 1 is 1.07 bits per heavy atom. The monoisotopic (exact) mass is 393 g/mol. The van der Waals surface area contributed by atoms with E-state index >= 15 is 0 Å². The van der Waals surface area contributed by atoms with E-state index in [1.807, 2.05) is 48.5 Å². The lowest BCUT2D eigenvalue weighted by atomic mass is 10.1. The Morgan fingerprint density at radius 2 is 1.90 bits per heavy atom. The first-order valence-electron chi connectivity index (χ1n) is 9.71. The van der Waals surface area contributed by atoms with E-state index in [0.29, 0.717) is 49.1 Å². The zero-order valence-electron chi connectivity index (χ0n) is 16.0. The van der Waals surface area contributed by atoms with Gasteiger partial charge in [0.25, 0.3) is 5.91 Å². The first-order valence-corrected chi connectivity index (χ1v) is 9.71. The van der Waals surface area contributed by atoms with Crippen LogP contribution in [0.4, 0.5) is 0 Å². The fourth-order valence-corrected chi connectivity index (χ4v) is 3.11. The van der Waals surface area contributed by atoms with Crippen molar-refractivity contribution in [3.8, 4) is 28.5 Å². The molecule has 0 aliphatic carbocycles. The van der Waals surface area contributed by atoms with Crippen molar-refractivity contribution < 1.29 is 19.0 Å². The molecule has 1 aliphatic rings. The van der Waals surface area contributed by atoms with E-state index in [0.717, 1.165) is 24.2 Å². The maximum Gasteiger partial charge on any atom is 0.255 e. The maximum atomic E-state index is 12.6. The van der Waals surface area contributed by atoms with Gasteiger partial charge in [-0.1, -0.05) is 18.2 Å². The molecule has 0 atom stereocenters. The van der Waals surface area contributed by atoms with Crippen LogP contribution in [0.5, 0.6) is 17.2 Å². The molecule has 2 heterocycles. The molecule has 2 N–H and O–H groups in total. The van der Waals surface area contributed by atoms with Gasteiger partial charge in [0, 0.05) is 12.1 Å². The molecule has 7 heteroatoms. The van der Waals surface area contributed by atoms with Gasteiger partial charge in [-0.05, 0) is 43.2 Å². The fraction of sp³-hybridized carbons (Fsp3) is 0.273. The van der Waals surface area contributed by atoms with E-state index in [-0.39, 0.29) is 5.91 Å². The van der Waals surface area contributed by atoms with Gasteiger partial charge >= 0.3 is 0 Å². The van der Waals surface area contributed by atoms with Crippen LogP contribution < -0.4 is 19.5 Å². The normalized spacial score (nSPS) is 12.4. The van der Waals surface area contributed by atoms with Crippen molar-refractivity contribution in [1.29, 1.82) is 0 Å². The summed E-state index contributed by atoms with van der Waals surface area (Å²) < 4.78 is 16.8. The molecule has 0 unspecified atom stereocenters. The van der Waals surface area contributed by atoms with Gasteiger partial charge in [0.05, 0.1) is 24.1 Å². The number of unbranched alkanes of at least 4 members (excludes halogenated alkanes) is 1. The molecular formula is C22H23N3O4. The number of aromatic nitrogens is 2. The van der Waals surface area contributed by atoms with Crippen LogP contribution in [-0.4, -0.2) is 42.5 Å². The van der Waals surface area contributed by atoms with Gasteiger partial charge in [-0.2, -0.15) is 5.10 Å². The second-order valence-electron chi connectivity index (χ2n) is 6.64. The maximum absolute atomic E-state index is 12.6. The Balaban J connectivity index is 1.28. The molecule has 1 aliphatic heterocycles. The van der Waals surface area contributed by atoms with E-state index in [9.17, 15) is 4.79 Å². The van der Waals surface area contributed by atoms with Gasteiger partial charge in [0.15, 0.2) is 11.5 Å². The van der Waals surface area contributed by atoms with Crippen molar-refractivity contribution in [2.75, 3.05) is 26.4 Å². The summed E-state index contributed by atoms with van der Waals surface area (Å²) in [6, 6.07) is 15.3. The molecule has 0 saturated carbocycles. The van der Waals surface area contributed by atoms with Crippen molar-refractivity contribution >= 4 is 5.91 Å². The van der Waals surface area contributed by atoms with E-state index in [2.05, 4.69) is 15.5 Å². The number of carbonyl (C=O) groups excluding carboxylic acids is 1. The van der Waals surface area contributed by atoms with Crippen LogP contribution in [0.1, 0.15) is 23.2 Å². The van der Waals surface area contributed by atoms with Crippen LogP contribution in [0.3, 0.4) is 0 Å². The Labute approximate surface area is 169 Å². The number of carbonyl (C=O) groups is 1. The van der Waals surface area contributed by atoms with Crippen molar-refractivity contribution in [1.82, 2.24) is 15.5 Å². The van der Waals surface area contributed by atoms with E-state index in [1.165, 1.54) is 0 Å². The second kappa shape index (κ2) is 9.14. The van der Waals surface area contributed by atoms with Crippen molar-refractivity contribution in [2.24, 2.45) is 0 Å². The quantitative estimate of drug-likeness (QED) is 0.573. The van der Waals surface area contributed by atoms with Crippen LogP contribution in [0, 0.1) is 0 Å². The van der Waals surface area contributed by atoms with Gasteiger partial charge in [-0.25, -0.2) is 0 Å². The molecule has 0 radical (unpaired) electrons. The molecule has 0 spiro atoms. The predicted molar refractivity (Wildman–Crippen MR) is 109 cm³/mol. The highest BCUT2D eigenvalue weighted by atomic mass is 16.6. The second-order valence-corrected chi connectivity index (χ2v) is 6.64. The number of hydrogen-bond acceptors (Lipinski definition) is 5. The lowest BCUT2D eigenvalue weighted by molar-refractivity contribution is 0.0953. The third-order valence-corrected chi connectivity index (χ3v) is 4.58. The average Bonchev–Trinajstić information content (AvgIpc) is 3.26. The number of ether oxygens (including phenoxy) is 3. The molecule has 29 heavy (non-hydrogen) atoms. The number of nitrogens with one attached hydrogen (secondary N) is 2. The van der Waals surface area contributed by atoms with Crippen molar-refractivity contribution in [3.63, 3.8) is 0 Å². The first-order chi connectivity index (χ1) is 14.3. The van der Waals surface area contributed by atoms with E-state index in [1.54, 1.807) is 6.20 Å². The molecule has 1 amide bonds. The largest absolute Gasteiger partial charge is 0.494 e. The lowest BCUT2D eigenvalue weighted by Gasteiger charge is -2.18. The zero-order valence-corrected chi connectivity index (χ0v) is 16.0. The fourth-order valence-electron chi connectivity index (χ4n) is 3.11. The van der Waals surface area contributed by atoms with Crippen LogP contribution in [0.2, 0.25) is 0 Å². The van der Waals surface area contributed by atoms with Gasteiger partial charge in [0.2, 0.25) is 0 Å². The summed E-state index contributed by atoms with van der Waals surface area (Å²) in [7, 11) is 0. The molecule has 2 aromatic carbocycles. The molecule has 0 bridgehead atoms. The predicted octanol–water partition coefficient (Wildman–Crippen LogP) is 3.44. The van der Waals surface area contributed by atoms with Crippen LogP contribution in [0.25, 0.3) is 11.3 Å². The molecule has 0 fully saturated rings. The summed E-state index contributed by atoms with van der Waals surface area (Å²) in [6.07, 6.45) is 3.23. The molecular weight excluding hydrogens is 370 g/mol. The van der Waals surface area contributed by atoms with E-state index in [4.69, 9.17) is 14.2 Å². The summed E-state index contributed by atoms with van der Waals surface area (Å²) in [4.78, 5) is 12.6. The Hall–Kier alpha value is -3.48. The Morgan fingerprint density at radius 3 is 2.76 bits per heavy atom. The van der Waals surface area contributed by atoms with Gasteiger partial charge < -0.3 is 19.5 Å². The third kappa shape index (κ3) is 4.68. The lowest BCUT2D eigenvalue weighted by Crippen LogP contribution is -2.25. The zero-order chi connectivity index (χ0) is 19.9. The third-order valence-electron chi connectivity index (χ3n) is 4.58. The topological polar surface area (TPSA) is 85.5 Å².